The van der Waals surface area contributed by atoms with Crippen LogP contribution in [0, 0.1) is 11.6 Å². The Morgan fingerprint density at radius 3 is 2.39 bits per heavy atom. The van der Waals surface area contributed by atoms with Gasteiger partial charge in [-0.05, 0) is 28.8 Å². The lowest BCUT2D eigenvalue weighted by Crippen LogP contribution is -2.40. The lowest BCUT2D eigenvalue weighted by molar-refractivity contribution is -0.128. The minimum atomic E-state index is -0.866. The zero-order chi connectivity index (χ0) is 20.3. The fourth-order valence-corrected chi connectivity index (χ4v) is 3.37. The Balaban J connectivity index is 1.81. The van der Waals surface area contributed by atoms with Gasteiger partial charge < -0.3 is 10.6 Å². The number of allylic oxidation sites excluding steroid dienone is 1. The molecule has 0 saturated carbocycles. The van der Waals surface area contributed by atoms with Crippen LogP contribution in [0.4, 0.5) is 8.78 Å². The van der Waals surface area contributed by atoms with E-state index in [-0.39, 0.29) is 5.91 Å². The number of nitrogens with zero attached hydrogens (tertiary/aromatic N) is 2. The molecular weight excluding hydrogens is 360 g/mol. The van der Waals surface area contributed by atoms with Crippen LogP contribution in [-0.4, -0.2) is 36.7 Å². The van der Waals surface area contributed by atoms with Crippen molar-refractivity contribution in [3.8, 4) is 11.1 Å². The first-order chi connectivity index (χ1) is 13.4. The van der Waals surface area contributed by atoms with Crippen molar-refractivity contribution in [2.24, 2.45) is 10.7 Å². The predicted octanol–water partition coefficient (Wildman–Crippen LogP) is 3.71. The number of likely N-dealkylation sites (tertiary alicyclic amines) is 1. The second-order valence-electron chi connectivity index (χ2n) is 6.87. The number of aliphatic imine (C=N–C) groups is 1. The van der Waals surface area contributed by atoms with Gasteiger partial charge >= 0.3 is 0 Å². The molecular formula is C22H23F2N3O. The van der Waals surface area contributed by atoms with Crippen molar-refractivity contribution in [1.29, 1.82) is 0 Å². The van der Waals surface area contributed by atoms with E-state index >= 15 is 0 Å². The average Bonchev–Trinajstić information content (AvgIpc) is 2.70. The summed E-state index contributed by atoms with van der Waals surface area (Å²) < 4.78 is 26.6. The number of carbonyl (C=O) groups is 1. The quantitative estimate of drug-likeness (QED) is 0.878. The third-order valence-electron chi connectivity index (χ3n) is 5.02. The molecule has 1 aliphatic rings. The van der Waals surface area contributed by atoms with Crippen LogP contribution >= 0.6 is 0 Å². The van der Waals surface area contributed by atoms with E-state index < -0.39 is 11.6 Å². The molecule has 1 aliphatic heterocycles. The van der Waals surface area contributed by atoms with Gasteiger partial charge in [0.15, 0.2) is 11.6 Å². The highest BCUT2D eigenvalue weighted by Gasteiger charge is 2.23. The molecule has 1 fully saturated rings. The van der Waals surface area contributed by atoms with Gasteiger partial charge in [0.1, 0.15) is 0 Å². The number of carbonyl (C=O) groups excluding carboxylic acids is 1. The standard InChI is InChI=1S/C22H23F2N3O/c1-14(28)27-10-9-22(26-2)18(13-27)21(25)11-15-3-5-16(6-4-15)17-7-8-19(23)20(24)12-17/h3-8,12H,9-11,13,25H2,1-2H3. The van der Waals surface area contributed by atoms with Gasteiger partial charge in [0.05, 0.1) is 0 Å². The predicted molar refractivity (Wildman–Crippen MR) is 107 cm³/mol. The minimum absolute atomic E-state index is 0.0244. The second kappa shape index (κ2) is 8.33. The SMILES string of the molecule is CN=C1CCN(C(C)=O)CC1=C(N)Cc1ccc(-c2ccc(F)c(F)c2)cc1. The van der Waals surface area contributed by atoms with Crippen molar-refractivity contribution < 1.29 is 13.6 Å². The van der Waals surface area contributed by atoms with Crippen molar-refractivity contribution in [2.45, 2.75) is 19.8 Å². The molecule has 1 heterocycles. The third-order valence-corrected chi connectivity index (χ3v) is 5.02. The molecule has 6 heteroatoms. The summed E-state index contributed by atoms with van der Waals surface area (Å²) in [5.41, 5.74) is 11.3. The molecule has 28 heavy (non-hydrogen) atoms. The molecule has 3 rings (SSSR count). The van der Waals surface area contributed by atoms with Crippen molar-refractivity contribution >= 4 is 11.6 Å². The molecule has 0 radical (unpaired) electrons. The topological polar surface area (TPSA) is 58.7 Å². The number of hydrogen-bond donors (Lipinski definition) is 1. The molecule has 0 spiro atoms. The van der Waals surface area contributed by atoms with Crippen molar-refractivity contribution in [2.75, 3.05) is 20.1 Å². The van der Waals surface area contributed by atoms with Crippen LogP contribution in [0.3, 0.4) is 0 Å². The largest absolute Gasteiger partial charge is 0.401 e. The Kier molecular flexibility index (Phi) is 5.87. The van der Waals surface area contributed by atoms with E-state index in [0.29, 0.717) is 37.2 Å². The fourth-order valence-electron chi connectivity index (χ4n) is 3.37. The first kappa shape index (κ1) is 19.7. The smallest absolute Gasteiger partial charge is 0.219 e. The Morgan fingerprint density at radius 2 is 1.79 bits per heavy atom. The van der Waals surface area contributed by atoms with E-state index in [1.165, 1.54) is 6.07 Å². The Bertz CT molecular complexity index is 949. The molecule has 0 bridgehead atoms. The van der Waals surface area contributed by atoms with Gasteiger partial charge in [-0.2, -0.15) is 0 Å². The summed E-state index contributed by atoms with van der Waals surface area (Å²) in [6, 6.07) is 11.4. The molecule has 0 unspecified atom stereocenters. The van der Waals surface area contributed by atoms with E-state index in [1.807, 2.05) is 24.3 Å². The van der Waals surface area contributed by atoms with Crippen LogP contribution in [-0.2, 0) is 11.2 Å². The summed E-state index contributed by atoms with van der Waals surface area (Å²) in [7, 11) is 1.74. The van der Waals surface area contributed by atoms with E-state index in [1.54, 1.807) is 24.9 Å². The van der Waals surface area contributed by atoms with Gasteiger partial charge in [-0.3, -0.25) is 9.79 Å². The van der Waals surface area contributed by atoms with Gasteiger partial charge in [-0.15, -0.1) is 0 Å². The van der Waals surface area contributed by atoms with E-state index in [0.717, 1.165) is 28.5 Å². The third kappa shape index (κ3) is 4.27. The number of nitrogens with two attached hydrogens (primary N) is 1. The highest BCUT2D eigenvalue weighted by atomic mass is 19.2. The van der Waals surface area contributed by atoms with Crippen LogP contribution in [0.15, 0.2) is 58.7 Å². The monoisotopic (exact) mass is 383 g/mol. The van der Waals surface area contributed by atoms with E-state index in [4.69, 9.17) is 5.73 Å². The number of halogens is 2. The summed E-state index contributed by atoms with van der Waals surface area (Å²) in [6.07, 6.45) is 1.22. The van der Waals surface area contributed by atoms with Gasteiger partial charge in [0.2, 0.25) is 5.91 Å². The molecule has 0 aromatic heterocycles. The Labute approximate surface area is 163 Å². The van der Waals surface area contributed by atoms with Crippen LogP contribution in [0.1, 0.15) is 18.9 Å². The molecule has 1 saturated heterocycles. The first-order valence-electron chi connectivity index (χ1n) is 9.12. The van der Waals surface area contributed by atoms with Crippen LogP contribution in [0.5, 0.6) is 0 Å². The fraction of sp³-hybridized carbons (Fsp3) is 0.273. The number of piperidine rings is 1. The molecule has 4 nitrogen and oxygen atoms in total. The maximum atomic E-state index is 13.4. The molecule has 2 aromatic carbocycles. The average molecular weight is 383 g/mol. The number of amides is 1. The number of rotatable bonds is 3. The van der Waals surface area contributed by atoms with Gasteiger partial charge in [0, 0.05) is 56.9 Å². The maximum Gasteiger partial charge on any atom is 0.219 e. The zero-order valence-corrected chi connectivity index (χ0v) is 16.0. The molecule has 1 amide bonds. The van der Waals surface area contributed by atoms with Crippen molar-refractivity contribution in [1.82, 2.24) is 4.90 Å². The lowest BCUT2D eigenvalue weighted by atomic mass is 9.96. The molecule has 2 aromatic rings. The highest BCUT2D eigenvalue weighted by Crippen LogP contribution is 2.23. The van der Waals surface area contributed by atoms with E-state index in [9.17, 15) is 13.6 Å². The highest BCUT2D eigenvalue weighted by molar-refractivity contribution is 6.02. The zero-order valence-electron chi connectivity index (χ0n) is 16.0. The van der Waals surface area contributed by atoms with Gasteiger partial charge in [-0.1, -0.05) is 30.3 Å². The molecule has 2 N–H and O–H groups in total. The van der Waals surface area contributed by atoms with Crippen LogP contribution in [0.25, 0.3) is 11.1 Å². The summed E-state index contributed by atoms with van der Waals surface area (Å²) in [4.78, 5) is 17.8. The minimum Gasteiger partial charge on any atom is -0.401 e. The van der Waals surface area contributed by atoms with Crippen LogP contribution in [0.2, 0.25) is 0 Å². The Morgan fingerprint density at radius 1 is 1.11 bits per heavy atom. The lowest BCUT2D eigenvalue weighted by Gasteiger charge is -2.30. The van der Waals surface area contributed by atoms with Crippen LogP contribution < -0.4 is 5.73 Å². The molecule has 0 atom stereocenters. The first-order valence-corrected chi connectivity index (χ1v) is 9.12. The number of hydrogen-bond acceptors (Lipinski definition) is 3. The van der Waals surface area contributed by atoms with Gasteiger partial charge in [-0.25, -0.2) is 8.78 Å². The maximum absolute atomic E-state index is 13.4. The summed E-state index contributed by atoms with van der Waals surface area (Å²) in [5, 5.41) is 0. The normalized spacial score (nSPS) is 17.7. The number of benzene rings is 2. The van der Waals surface area contributed by atoms with Crippen molar-refractivity contribution in [3.63, 3.8) is 0 Å². The van der Waals surface area contributed by atoms with Gasteiger partial charge in [0.25, 0.3) is 0 Å². The summed E-state index contributed by atoms with van der Waals surface area (Å²) >= 11 is 0. The second-order valence-corrected chi connectivity index (χ2v) is 6.87. The summed E-state index contributed by atoms with van der Waals surface area (Å²) in [6.45, 7) is 2.68. The molecule has 146 valence electrons. The molecule has 0 aliphatic carbocycles. The Hall–Kier alpha value is -3.02. The summed E-state index contributed by atoms with van der Waals surface area (Å²) in [5.74, 6) is -1.70. The van der Waals surface area contributed by atoms with Crippen molar-refractivity contribution in [3.05, 3.63) is 70.9 Å². The van der Waals surface area contributed by atoms with E-state index in [2.05, 4.69) is 4.99 Å².